The third-order valence-corrected chi connectivity index (χ3v) is 1.46. The molecule has 1 aromatic heterocycles. The first kappa shape index (κ1) is 15.2. The Kier molecular flexibility index (Phi) is 7.45. The number of amidine groups is 2. The first-order chi connectivity index (χ1) is 8.09. The fraction of sp³-hybridized carbons (Fsp3) is 0.455. The normalized spacial score (nSPS) is 13.7. The number of hydrogen-bond donors (Lipinski definition) is 2. The molecule has 0 aromatic carbocycles. The third-order valence-electron chi connectivity index (χ3n) is 1.46. The van der Waals surface area contributed by atoms with Crippen LogP contribution in [0.3, 0.4) is 0 Å². The maximum absolute atomic E-state index is 5.68. The summed E-state index contributed by atoms with van der Waals surface area (Å²) >= 11 is 0. The Hall–Kier alpha value is -1.82. The SMILES string of the molecule is CC.CC(N)=N/C(=N/c1ncccn1)C(C)N. The van der Waals surface area contributed by atoms with Gasteiger partial charge in [-0.1, -0.05) is 13.8 Å². The minimum Gasteiger partial charge on any atom is -0.387 e. The molecule has 0 saturated carbocycles. The zero-order chi connectivity index (χ0) is 13.3. The molecule has 6 heteroatoms. The second-order valence-corrected chi connectivity index (χ2v) is 3.06. The van der Waals surface area contributed by atoms with Crippen LogP contribution >= 0.6 is 0 Å². The van der Waals surface area contributed by atoms with Gasteiger partial charge in [-0.25, -0.2) is 15.0 Å². The first-order valence-corrected chi connectivity index (χ1v) is 5.51. The van der Waals surface area contributed by atoms with Crippen molar-refractivity contribution in [2.75, 3.05) is 0 Å². The molecule has 0 aliphatic carbocycles. The van der Waals surface area contributed by atoms with Crippen LogP contribution in [0.2, 0.25) is 0 Å². The zero-order valence-corrected chi connectivity index (χ0v) is 10.8. The second kappa shape index (κ2) is 8.35. The van der Waals surface area contributed by atoms with Crippen molar-refractivity contribution in [2.45, 2.75) is 33.7 Å². The Morgan fingerprint density at radius 2 is 1.82 bits per heavy atom. The lowest BCUT2D eigenvalue weighted by molar-refractivity contribution is 0.953. The van der Waals surface area contributed by atoms with Crippen molar-refractivity contribution in [3.63, 3.8) is 0 Å². The van der Waals surface area contributed by atoms with Crippen LogP contribution in [0.25, 0.3) is 0 Å². The van der Waals surface area contributed by atoms with Gasteiger partial charge in [0.2, 0.25) is 0 Å². The number of aromatic nitrogens is 2. The van der Waals surface area contributed by atoms with Gasteiger partial charge in [0.1, 0.15) is 0 Å². The van der Waals surface area contributed by atoms with Crippen LogP contribution in [0.4, 0.5) is 5.95 Å². The number of nitrogens with zero attached hydrogens (tertiary/aromatic N) is 4. The van der Waals surface area contributed by atoms with Crippen LogP contribution in [0.5, 0.6) is 0 Å². The smallest absolute Gasteiger partial charge is 0.251 e. The van der Waals surface area contributed by atoms with Crippen molar-refractivity contribution in [2.24, 2.45) is 21.5 Å². The molecule has 1 rings (SSSR count). The molecule has 0 radical (unpaired) electrons. The Bertz CT molecular complexity index is 365. The molecule has 0 aliphatic heterocycles. The van der Waals surface area contributed by atoms with Gasteiger partial charge in [0.05, 0.1) is 11.9 Å². The Balaban J connectivity index is 0.00000121. The van der Waals surface area contributed by atoms with E-state index in [0.717, 1.165) is 0 Å². The largest absolute Gasteiger partial charge is 0.387 e. The van der Waals surface area contributed by atoms with Gasteiger partial charge in [-0.2, -0.15) is 4.99 Å². The summed E-state index contributed by atoms with van der Waals surface area (Å²) < 4.78 is 0. The molecule has 0 spiro atoms. The number of hydrogen-bond acceptors (Lipinski definition) is 4. The highest BCUT2D eigenvalue weighted by molar-refractivity contribution is 5.98. The molecule has 1 aromatic rings. The van der Waals surface area contributed by atoms with Crippen LogP contribution in [0, 0.1) is 0 Å². The molecule has 1 heterocycles. The van der Waals surface area contributed by atoms with Crippen LogP contribution in [0.1, 0.15) is 27.7 Å². The lowest BCUT2D eigenvalue weighted by Crippen LogP contribution is -2.27. The Morgan fingerprint density at radius 3 is 2.24 bits per heavy atom. The molecule has 6 nitrogen and oxygen atoms in total. The molecule has 1 unspecified atom stereocenters. The van der Waals surface area contributed by atoms with E-state index in [1.165, 1.54) is 0 Å². The van der Waals surface area contributed by atoms with E-state index in [9.17, 15) is 0 Å². The van der Waals surface area contributed by atoms with E-state index in [0.29, 0.717) is 17.6 Å². The molecule has 0 saturated heterocycles. The number of aliphatic imine (C=N–C) groups is 2. The quantitative estimate of drug-likeness (QED) is 0.596. The van der Waals surface area contributed by atoms with E-state index in [-0.39, 0.29) is 6.04 Å². The molecule has 0 fully saturated rings. The highest BCUT2D eigenvalue weighted by Crippen LogP contribution is 2.02. The summed E-state index contributed by atoms with van der Waals surface area (Å²) in [5, 5.41) is 0. The lowest BCUT2D eigenvalue weighted by Gasteiger charge is -2.04. The van der Waals surface area contributed by atoms with Crippen molar-refractivity contribution in [3.05, 3.63) is 18.5 Å². The maximum atomic E-state index is 5.68. The van der Waals surface area contributed by atoms with E-state index >= 15 is 0 Å². The molecule has 1 atom stereocenters. The van der Waals surface area contributed by atoms with Gasteiger partial charge in [0.15, 0.2) is 5.84 Å². The predicted molar refractivity (Wildman–Crippen MR) is 71.4 cm³/mol. The van der Waals surface area contributed by atoms with Gasteiger partial charge in [0.25, 0.3) is 5.95 Å². The molecule has 17 heavy (non-hydrogen) atoms. The van der Waals surface area contributed by atoms with Gasteiger partial charge >= 0.3 is 0 Å². The molecule has 0 amide bonds. The average molecular weight is 236 g/mol. The lowest BCUT2D eigenvalue weighted by atomic mass is 10.3. The van der Waals surface area contributed by atoms with E-state index in [4.69, 9.17) is 11.5 Å². The van der Waals surface area contributed by atoms with Crippen molar-refractivity contribution in [3.8, 4) is 0 Å². The molecule has 0 bridgehead atoms. The second-order valence-electron chi connectivity index (χ2n) is 3.06. The minimum absolute atomic E-state index is 0.313. The highest BCUT2D eigenvalue weighted by atomic mass is 15.1. The zero-order valence-electron chi connectivity index (χ0n) is 10.8. The minimum atomic E-state index is -0.313. The van der Waals surface area contributed by atoms with Gasteiger partial charge in [-0.15, -0.1) is 0 Å². The maximum Gasteiger partial charge on any atom is 0.251 e. The molecule has 94 valence electrons. The number of rotatable bonds is 2. The van der Waals surface area contributed by atoms with Crippen molar-refractivity contribution >= 4 is 17.6 Å². The van der Waals surface area contributed by atoms with Gasteiger partial charge in [-0.3, -0.25) is 0 Å². The first-order valence-electron chi connectivity index (χ1n) is 5.51. The summed E-state index contributed by atoms with van der Waals surface area (Å²) in [5.41, 5.74) is 11.1. The Labute approximate surface area is 102 Å². The summed E-state index contributed by atoms with van der Waals surface area (Å²) in [5.74, 6) is 1.15. The summed E-state index contributed by atoms with van der Waals surface area (Å²) in [6.45, 7) is 7.44. The van der Waals surface area contributed by atoms with E-state index in [2.05, 4.69) is 20.0 Å². The molecular weight excluding hydrogens is 216 g/mol. The summed E-state index contributed by atoms with van der Waals surface area (Å²) in [6, 6.07) is 1.40. The van der Waals surface area contributed by atoms with E-state index in [1.54, 1.807) is 32.3 Å². The van der Waals surface area contributed by atoms with Crippen molar-refractivity contribution in [1.82, 2.24) is 9.97 Å². The third kappa shape index (κ3) is 6.36. The van der Waals surface area contributed by atoms with Crippen LogP contribution in [-0.2, 0) is 0 Å². The summed E-state index contributed by atoms with van der Waals surface area (Å²) in [7, 11) is 0. The van der Waals surface area contributed by atoms with Crippen LogP contribution < -0.4 is 11.5 Å². The monoisotopic (exact) mass is 236 g/mol. The fourth-order valence-corrected chi connectivity index (χ4v) is 0.861. The molecule has 0 aliphatic rings. The van der Waals surface area contributed by atoms with Gasteiger partial charge < -0.3 is 11.5 Å². The fourth-order valence-electron chi connectivity index (χ4n) is 0.861. The van der Waals surface area contributed by atoms with Gasteiger partial charge in [0, 0.05) is 12.4 Å². The van der Waals surface area contributed by atoms with Crippen LogP contribution in [0.15, 0.2) is 28.4 Å². The number of nitrogens with two attached hydrogens (primary N) is 2. The van der Waals surface area contributed by atoms with Crippen LogP contribution in [-0.4, -0.2) is 27.7 Å². The van der Waals surface area contributed by atoms with Crippen molar-refractivity contribution in [1.29, 1.82) is 0 Å². The molecule has 4 N–H and O–H groups in total. The van der Waals surface area contributed by atoms with E-state index < -0.39 is 0 Å². The summed E-state index contributed by atoms with van der Waals surface area (Å²) in [4.78, 5) is 16.0. The topological polar surface area (TPSA) is 103 Å². The predicted octanol–water partition coefficient (Wildman–Crippen LogP) is 1.26. The average Bonchev–Trinajstić information content (AvgIpc) is 2.31. The Morgan fingerprint density at radius 1 is 1.29 bits per heavy atom. The standard InChI is InChI=1S/C9H14N6.C2H6/c1-6(10)8(14-7(2)11)15-9-12-4-3-5-13-9;1-2/h3-6H,10H2,1-2H3,(H2,11,12,13,14,15);1-2H3. The highest BCUT2D eigenvalue weighted by Gasteiger charge is 2.05. The van der Waals surface area contributed by atoms with E-state index in [1.807, 2.05) is 13.8 Å². The van der Waals surface area contributed by atoms with Crippen molar-refractivity contribution < 1.29 is 0 Å². The molecular formula is C11H20N6. The van der Waals surface area contributed by atoms with Gasteiger partial charge in [-0.05, 0) is 19.9 Å². The summed E-state index contributed by atoms with van der Waals surface area (Å²) in [6.07, 6.45) is 3.20.